The molecule has 1 rings (SSSR count). The van der Waals surface area contributed by atoms with E-state index in [1.165, 1.54) is 12.1 Å². The number of sulfonamides is 1. The van der Waals surface area contributed by atoms with Gasteiger partial charge in [0.05, 0.1) is 24.2 Å². The number of esters is 2. The fourth-order valence-corrected chi connectivity index (χ4v) is 2.25. The van der Waals surface area contributed by atoms with E-state index in [0.29, 0.717) is 0 Å². The molecule has 0 radical (unpaired) electrons. The maximum Gasteiger partial charge on any atom is 0.359 e. The molecule has 0 saturated heterocycles. The van der Waals surface area contributed by atoms with Crippen molar-refractivity contribution in [2.75, 3.05) is 13.2 Å². The molecule has 0 unspecified atom stereocenters. The van der Waals surface area contributed by atoms with Crippen LogP contribution < -0.4 is 0 Å². The Balaban J connectivity index is 3.12. The summed E-state index contributed by atoms with van der Waals surface area (Å²) >= 11 is 0. The van der Waals surface area contributed by atoms with Crippen LogP contribution in [0.2, 0.25) is 0 Å². The van der Waals surface area contributed by atoms with Crippen molar-refractivity contribution in [1.29, 1.82) is 0 Å². The van der Waals surface area contributed by atoms with Crippen LogP contribution in [0, 0.1) is 6.92 Å². The second kappa shape index (κ2) is 8.92. The van der Waals surface area contributed by atoms with E-state index in [0.717, 1.165) is 11.6 Å². The molecule has 0 aliphatic heterocycles. The van der Waals surface area contributed by atoms with Crippen molar-refractivity contribution < 1.29 is 27.5 Å². The zero-order valence-electron chi connectivity index (χ0n) is 13.6. The zero-order valence-corrected chi connectivity index (χ0v) is 14.4. The van der Waals surface area contributed by atoms with Crippen LogP contribution in [0.4, 0.5) is 0 Å². The minimum Gasteiger partial charge on any atom is -0.463 e. The first-order valence-corrected chi connectivity index (χ1v) is 8.54. The molecule has 0 fully saturated rings. The van der Waals surface area contributed by atoms with E-state index in [1.54, 1.807) is 32.9 Å². The molecular formula is C15H18N2O6S. The minimum atomic E-state index is -4.11. The summed E-state index contributed by atoms with van der Waals surface area (Å²) in [6.07, 6.45) is 0.732. The molecule has 0 N–H and O–H groups in total. The molecule has 0 aromatic heterocycles. The number of hydrogen-bond donors (Lipinski definition) is 0. The van der Waals surface area contributed by atoms with Gasteiger partial charge in [-0.1, -0.05) is 22.2 Å². The van der Waals surface area contributed by atoms with E-state index in [-0.39, 0.29) is 18.1 Å². The first-order valence-electron chi connectivity index (χ1n) is 7.10. The van der Waals surface area contributed by atoms with Crippen LogP contribution in [-0.4, -0.2) is 33.6 Å². The van der Waals surface area contributed by atoms with Gasteiger partial charge in [-0.2, -0.15) is 8.42 Å². The average Bonchev–Trinajstić information content (AvgIpc) is 2.52. The summed E-state index contributed by atoms with van der Waals surface area (Å²) < 4.78 is 36.7. The summed E-state index contributed by atoms with van der Waals surface area (Å²) in [5.41, 5.74) is 0.311. The lowest BCUT2D eigenvalue weighted by Crippen LogP contribution is -2.10. The van der Waals surface area contributed by atoms with Gasteiger partial charge in [0.15, 0.2) is 5.70 Å². The number of benzene rings is 1. The van der Waals surface area contributed by atoms with Gasteiger partial charge in [0, 0.05) is 0 Å². The highest BCUT2D eigenvalue weighted by atomic mass is 32.2. The van der Waals surface area contributed by atoms with E-state index >= 15 is 0 Å². The van der Waals surface area contributed by atoms with Crippen LogP contribution in [0.25, 0.3) is 0 Å². The Kier molecular flexibility index (Phi) is 7.25. The maximum atomic E-state index is 12.1. The van der Waals surface area contributed by atoms with Gasteiger partial charge in [0.1, 0.15) is 0 Å². The van der Waals surface area contributed by atoms with Crippen LogP contribution in [0.15, 0.2) is 50.6 Å². The fraction of sp³-hybridized carbons (Fsp3) is 0.333. The van der Waals surface area contributed by atoms with Crippen LogP contribution in [0.5, 0.6) is 0 Å². The Hall–Kier alpha value is -2.55. The summed E-state index contributed by atoms with van der Waals surface area (Å²) in [6.45, 7) is 5.06. The molecule has 0 atom stereocenters. The SMILES string of the molecule is CCOC(=O)/C=C(/N=NS(=O)(=O)c1ccc(C)cc1)C(=O)OCC. The summed E-state index contributed by atoms with van der Waals surface area (Å²) in [6, 6.07) is 5.93. The maximum absolute atomic E-state index is 12.1. The van der Waals surface area contributed by atoms with Crippen molar-refractivity contribution in [3.8, 4) is 0 Å². The van der Waals surface area contributed by atoms with Gasteiger partial charge in [-0.25, -0.2) is 9.59 Å². The van der Waals surface area contributed by atoms with E-state index in [9.17, 15) is 18.0 Å². The molecule has 1 aromatic carbocycles. The van der Waals surface area contributed by atoms with Gasteiger partial charge in [0.25, 0.3) is 10.0 Å². The van der Waals surface area contributed by atoms with Crippen LogP contribution in [0.3, 0.4) is 0 Å². The van der Waals surface area contributed by atoms with Crippen LogP contribution in [-0.2, 0) is 29.1 Å². The largest absolute Gasteiger partial charge is 0.463 e. The molecule has 0 amide bonds. The lowest BCUT2D eigenvalue weighted by molar-refractivity contribution is -0.141. The highest BCUT2D eigenvalue weighted by molar-refractivity contribution is 7.90. The molecule has 0 saturated carbocycles. The average molecular weight is 354 g/mol. The third kappa shape index (κ3) is 5.92. The number of ether oxygens (including phenoxy) is 2. The number of carbonyl (C=O) groups excluding carboxylic acids is 2. The molecule has 0 spiro atoms. The first kappa shape index (κ1) is 19.5. The predicted molar refractivity (Wildman–Crippen MR) is 84.6 cm³/mol. The monoisotopic (exact) mass is 354 g/mol. The van der Waals surface area contributed by atoms with Crippen LogP contribution in [0.1, 0.15) is 19.4 Å². The Morgan fingerprint density at radius 3 is 2.21 bits per heavy atom. The van der Waals surface area contributed by atoms with Gasteiger partial charge in [0.2, 0.25) is 0 Å². The van der Waals surface area contributed by atoms with Gasteiger partial charge in [-0.3, -0.25) is 0 Å². The second-order valence-corrected chi connectivity index (χ2v) is 6.06. The van der Waals surface area contributed by atoms with E-state index in [2.05, 4.69) is 14.4 Å². The summed E-state index contributed by atoms with van der Waals surface area (Å²) in [5.74, 6) is -1.83. The van der Waals surface area contributed by atoms with Crippen molar-refractivity contribution in [2.45, 2.75) is 25.7 Å². The quantitative estimate of drug-likeness (QED) is 0.421. The highest BCUT2D eigenvalue weighted by Gasteiger charge is 2.17. The molecule has 0 aliphatic rings. The van der Waals surface area contributed by atoms with Gasteiger partial charge in [-0.05, 0) is 32.9 Å². The molecule has 24 heavy (non-hydrogen) atoms. The third-order valence-electron chi connectivity index (χ3n) is 2.60. The normalized spacial score (nSPS) is 12.2. The van der Waals surface area contributed by atoms with E-state index in [4.69, 9.17) is 4.74 Å². The van der Waals surface area contributed by atoms with Crippen molar-refractivity contribution in [1.82, 2.24) is 0 Å². The third-order valence-corrected chi connectivity index (χ3v) is 3.77. The Labute approximate surface area is 140 Å². The van der Waals surface area contributed by atoms with Gasteiger partial charge >= 0.3 is 11.9 Å². The topological polar surface area (TPSA) is 111 Å². The van der Waals surface area contributed by atoms with E-state index < -0.39 is 27.7 Å². The van der Waals surface area contributed by atoms with Crippen LogP contribution >= 0.6 is 0 Å². The Morgan fingerprint density at radius 2 is 1.67 bits per heavy atom. The predicted octanol–water partition coefficient (Wildman–Crippen LogP) is 2.15. The van der Waals surface area contributed by atoms with Gasteiger partial charge < -0.3 is 9.47 Å². The molecule has 9 heteroatoms. The number of hydrogen-bond acceptors (Lipinski definition) is 7. The van der Waals surface area contributed by atoms with E-state index in [1.807, 2.05) is 0 Å². The lowest BCUT2D eigenvalue weighted by atomic mass is 10.2. The Morgan fingerprint density at radius 1 is 1.08 bits per heavy atom. The van der Waals surface area contributed by atoms with Gasteiger partial charge in [-0.15, -0.1) is 5.11 Å². The smallest absolute Gasteiger partial charge is 0.359 e. The second-order valence-electron chi connectivity index (χ2n) is 4.47. The number of aryl methyl sites for hydroxylation is 1. The number of rotatable bonds is 7. The van der Waals surface area contributed by atoms with Crippen molar-refractivity contribution >= 4 is 22.0 Å². The van der Waals surface area contributed by atoms with Crippen molar-refractivity contribution in [3.05, 3.63) is 41.6 Å². The lowest BCUT2D eigenvalue weighted by Gasteiger charge is -2.02. The summed E-state index contributed by atoms with van der Waals surface area (Å²) in [5, 5.41) is 3.36. The molecule has 8 nitrogen and oxygen atoms in total. The molecule has 130 valence electrons. The number of carbonyl (C=O) groups is 2. The van der Waals surface area contributed by atoms with Crippen molar-refractivity contribution in [2.24, 2.45) is 9.63 Å². The highest BCUT2D eigenvalue weighted by Crippen LogP contribution is 2.15. The summed E-state index contributed by atoms with van der Waals surface area (Å²) in [4.78, 5) is 23.1. The van der Waals surface area contributed by atoms with Crippen molar-refractivity contribution in [3.63, 3.8) is 0 Å². The molecular weight excluding hydrogens is 336 g/mol. The fourth-order valence-electron chi connectivity index (χ4n) is 1.48. The number of nitrogens with zero attached hydrogens (tertiary/aromatic N) is 2. The Bertz CT molecular complexity index is 751. The first-order chi connectivity index (χ1) is 11.3. The molecule has 1 aromatic rings. The molecule has 0 bridgehead atoms. The zero-order chi connectivity index (χ0) is 18.2. The minimum absolute atomic E-state index is 0.0270. The molecule has 0 heterocycles. The molecule has 0 aliphatic carbocycles. The summed E-state index contributed by atoms with van der Waals surface area (Å²) in [7, 11) is -4.11. The standard InChI is InChI=1S/C15H18N2O6S/c1-4-22-14(18)10-13(15(19)23-5-2)16-17-24(20,21)12-8-6-11(3)7-9-12/h6-10H,4-5H2,1-3H3/b13-10+,17-16?.